The molecule has 7 nitrogen and oxygen atoms in total. The van der Waals surface area contributed by atoms with Crippen LogP contribution in [0.2, 0.25) is 0 Å². The highest BCUT2D eigenvalue weighted by Crippen LogP contribution is 2.30. The summed E-state index contributed by atoms with van der Waals surface area (Å²) < 4.78 is 23.6. The smallest absolute Gasteiger partial charge is 0.255 e. The zero-order valence-corrected chi connectivity index (χ0v) is 21.2. The van der Waals surface area contributed by atoms with Crippen LogP contribution in [0.15, 0.2) is 90.0 Å². The number of sulfone groups is 1. The summed E-state index contributed by atoms with van der Waals surface area (Å²) in [6, 6.07) is 23.2. The Morgan fingerprint density at radius 2 is 1.65 bits per heavy atom. The summed E-state index contributed by atoms with van der Waals surface area (Å²) in [6.07, 6.45) is 4.52. The lowest BCUT2D eigenvalue weighted by molar-refractivity contribution is 0.0714. The Morgan fingerprint density at radius 3 is 2.38 bits per heavy atom. The number of nitrogens with zero attached hydrogens (tertiary/aromatic N) is 2. The highest BCUT2D eigenvalue weighted by atomic mass is 32.2. The van der Waals surface area contributed by atoms with Crippen molar-refractivity contribution in [2.45, 2.75) is 23.7 Å². The third-order valence-electron chi connectivity index (χ3n) is 6.83. The molecule has 2 heterocycles. The van der Waals surface area contributed by atoms with E-state index in [4.69, 9.17) is 0 Å². The third kappa shape index (κ3) is 5.39. The number of aromatic nitrogens is 1. The third-order valence-corrected chi connectivity index (χ3v) is 7.94. The fourth-order valence-electron chi connectivity index (χ4n) is 4.78. The topological polar surface area (TPSA) is 96.4 Å². The number of carbonyl (C=O) groups is 2. The maximum Gasteiger partial charge on any atom is 0.255 e. The summed E-state index contributed by atoms with van der Waals surface area (Å²) in [5, 5.41) is 3.70. The minimum absolute atomic E-state index is 0.0371. The Kier molecular flexibility index (Phi) is 6.76. The second-order valence-corrected chi connectivity index (χ2v) is 11.3. The predicted octanol–water partition coefficient (Wildman–Crippen LogP) is 4.91. The number of fused-ring (bicyclic) bond motifs is 1. The minimum Gasteiger partial charge on any atom is -0.339 e. The summed E-state index contributed by atoms with van der Waals surface area (Å²) in [6.45, 7) is 1.35. The standard InChI is InChI=1S/C29H27N3O4S/c1-37(35,36)24-6-4-5-22(19-24)28(33)31-23-11-9-20(10-12-23)21-14-17-32(18-15-21)29(34)26-13-16-30-27-8-3-2-7-25(26)27/h2-13,16,19,21H,14-15,17-18H2,1H3,(H,31,33). The number of anilines is 1. The van der Waals surface area contributed by atoms with E-state index in [1.807, 2.05) is 53.4 Å². The van der Waals surface area contributed by atoms with Crippen LogP contribution in [0.1, 0.15) is 45.0 Å². The second-order valence-electron chi connectivity index (χ2n) is 9.32. The molecule has 1 aromatic heterocycles. The van der Waals surface area contributed by atoms with Crippen molar-refractivity contribution in [3.8, 4) is 0 Å². The van der Waals surface area contributed by atoms with Crippen molar-refractivity contribution in [3.63, 3.8) is 0 Å². The van der Waals surface area contributed by atoms with E-state index in [2.05, 4.69) is 10.3 Å². The number of amides is 2. The molecule has 2 amide bonds. The molecule has 0 bridgehead atoms. The van der Waals surface area contributed by atoms with E-state index in [9.17, 15) is 18.0 Å². The van der Waals surface area contributed by atoms with Crippen molar-refractivity contribution in [3.05, 3.63) is 102 Å². The quantitative estimate of drug-likeness (QED) is 0.409. The Labute approximate surface area is 216 Å². The number of hydrogen-bond acceptors (Lipinski definition) is 5. The van der Waals surface area contributed by atoms with Gasteiger partial charge in [-0.25, -0.2) is 8.42 Å². The molecule has 0 unspecified atom stereocenters. The first-order chi connectivity index (χ1) is 17.8. The first-order valence-corrected chi connectivity index (χ1v) is 14.0. The van der Waals surface area contributed by atoms with Crippen LogP contribution in [0.4, 0.5) is 5.69 Å². The van der Waals surface area contributed by atoms with Crippen LogP contribution in [0, 0.1) is 0 Å². The first-order valence-electron chi connectivity index (χ1n) is 12.1. The molecule has 1 aliphatic rings. The monoisotopic (exact) mass is 513 g/mol. The van der Waals surface area contributed by atoms with Crippen molar-refractivity contribution in [1.29, 1.82) is 0 Å². The molecule has 4 aromatic rings. The van der Waals surface area contributed by atoms with Crippen LogP contribution in [-0.4, -0.2) is 49.5 Å². The molecule has 1 N–H and O–H groups in total. The van der Waals surface area contributed by atoms with Crippen LogP contribution in [0.3, 0.4) is 0 Å². The van der Waals surface area contributed by atoms with Crippen molar-refractivity contribution < 1.29 is 18.0 Å². The molecule has 37 heavy (non-hydrogen) atoms. The van der Waals surface area contributed by atoms with Crippen molar-refractivity contribution in [2.24, 2.45) is 0 Å². The summed E-state index contributed by atoms with van der Waals surface area (Å²) in [7, 11) is -3.39. The van der Waals surface area contributed by atoms with Gasteiger partial charge in [0.2, 0.25) is 0 Å². The lowest BCUT2D eigenvalue weighted by Gasteiger charge is -2.32. The molecule has 8 heteroatoms. The molecule has 0 atom stereocenters. The largest absolute Gasteiger partial charge is 0.339 e. The summed E-state index contributed by atoms with van der Waals surface area (Å²) >= 11 is 0. The number of likely N-dealkylation sites (tertiary alicyclic amines) is 1. The number of piperidine rings is 1. The summed E-state index contributed by atoms with van der Waals surface area (Å²) in [5.41, 5.74) is 3.59. The van der Waals surface area contributed by atoms with Crippen LogP contribution < -0.4 is 5.32 Å². The average Bonchev–Trinajstić information content (AvgIpc) is 2.92. The zero-order valence-electron chi connectivity index (χ0n) is 20.4. The van der Waals surface area contributed by atoms with Gasteiger partial charge in [0.15, 0.2) is 9.84 Å². The number of carbonyl (C=O) groups excluding carboxylic acids is 2. The lowest BCUT2D eigenvalue weighted by atomic mass is 9.89. The summed E-state index contributed by atoms with van der Waals surface area (Å²) in [5.74, 6) is -0.00168. The minimum atomic E-state index is -3.39. The van der Waals surface area contributed by atoms with Gasteiger partial charge < -0.3 is 10.2 Å². The Bertz CT molecular complexity index is 1570. The van der Waals surface area contributed by atoms with Gasteiger partial charge in [-0.2, -0.15) is 0 Å². The number of para-hydroxylation sites is 1. The van der Waals surface area contributed by atoms with Gasteiger partial charge in [0.05, 0.1) is 16.0 Å². The highest BCUT2D eigenvalue weighted by Gasteiger charge is 2.25. The Morgan fingerprint density at radius 1 is 0.919 bits per heavy atom. The molecular weight excluding hydrogens is 486 g/mol. The molecule has 5 rings (SSSR count). The fourth-order valence-corrected chi connectivity index (χ4v) is 5.45. The fraction of sp³-hybridized carbons (Fsp3) is 0.207. The van der Waals surface area contributed by atoms with E-state index in [0.717, 1.165) is 30.0 Å². The van der Waals surface area contributed by atoms with E-state index in [-0.39, 0.29) is 22.3 Å². The van der Waals surface area contributed by atoms with E-state index in [1.165, 1.54) is 17.7 Å². The predicted molar refractivity (Wildman–Crippen MR) is 144 cm³/mol. The molecular formula is C29H27N3O4S. The summed E-state index contributed by atoms with van der Waals surface area (Å²) in [4.78, 5) is 32.2. The number of rotatable bonds is 5. The normalized spacial score (nSPS) is 14.5. The van der Waals surface area contributed by atoms with Crippen LogP contribution >= 0.6 is 0 Å². The van der Waals surface area contributed by atoms with E-state index >= 15 is 0 Å². The van der Waals surface area contributed by atoms with Gasteiger partial charge in [-0.05, 0) is 66.8 Å². The molecule has 3 aromatic carbocycles. The van der Waals surface area contributed by atoms with Gasteiger partial charge in [-0.15, -0.1) is 0 Å². The molecule has 1 aliphatic heterocycles. The Hall–Kier alpha value is -4.04. The maximum absolute atomic E-state index is 13.2. The molecule has 0 spiro atoms. The highest BCUT2D eigenvalue weighted by molar-refractivity contribution is 7.90. The molecule has 0 aliphatic carbocycles. The Balaban J connectivity index is 1.21. The van der Waals surface area contributed by atoms with Crippen molar-refractivity contribution in [1.82, 2.24) is 9.88 Å². The molecule has 188 valence electrons. The zero-order chi connectivity index (χ0) is 26.0. The number of pyridine rings is 1. The van der Waals surface area contributed by atoms with Crippen LogP contribution in [0.5, 0.6) is 0 Å². The van der Waals surface area contributed by atoms with Gasteiger partial charge in [-0.1, -0.05) is 36.4 Å². The van der Waals surface area contributed by atoms with Crippen LogP contribution in [-0.2, 0) is 9.84 Å². The number of hydrogen-bond donors (Lipinski definition) is 1. The van der Waals surface area contributed by atoms with E-state index < -0.39 is 9.84 Å². The van der Waals surface area contributed by atoms with Gasteiger partial charge in [0.25, 0.3) is 11.8 Å². The second kappa shape index (κ2) is 10.1. The average molecular weight is 514 g/mol. The molecule has 0 radical (unpaired) electrons. The van der Waals surface area contributed by atoms with E-state index in [0.29, 0.717) is 30.3 Å². The van der Waals surface area contributed by atoms with Gasteiger partial charge in [-0.3, -0.25) is 14.6 Å². The van der Waals surface area contributed by atoms with Gasteiger partial charge in [0, 0.05) is 42.2 Å². The van der Waals surface area contributed by atoms with Crippen molar-refractivity contribution in [2.75, 3.05) is 24.7 Å². The van der Waals surface area contributed by atoms with Gasteiger partial charge >= 0.3 is 0 Å². The molecule has 1 fully saturated rings. The molecule has 0 saturated carbocycles. The van der Waals surface area contributed by atoms with Crippen LogP contribution in [0.25, 0.3) is 10.9 Å². The maximum atomic E-state index is 13.2. The van der Waals surface area contributed by atoms with Crippen molar-refractivity contribution >= 4 is 38.2 Å². The number of benzene rings is 3. The lowest BCUT2D eigenvalue weighted by Crippen LogP contribution is -2.38. The first kappa shape index (κ1) is 24.6. The number of nitrogens with one attached hydrogen (secondary N) is 1. The molecule has 1 saturated heterocycles. The van der Waals surface area contributed by atoms with Gasteiger partial charge in [0.1, 0.15) is 0 Å². The van der Waals surface area contributed by atoms with E-state index in [1.54, 1.807) is 24.4 Å². The SMILES string of the molecule is CS(=O)(=O)c1cccc(C(=O)Nc2ccc(C3CCN(C(=O)c4ccnc5ccccc45)CC3)cc2)c1.